The van der Waals surface area contributed by atoms with E-state index < -0.39 is 0 Å². The van der Waals surface area contributed by atoms with Crippen molar-refractivity contribution in [3.8, 4) is 11.5 Å². The number of azo groups is 2. The maximum absolute atomic E-state index is 10.7. The smallest absolute Gasteiger partial charge is 0.152 e. The number of hydrogen-bond acceptors (Lipinski definition) is 10. The fraction of sp³-hybridized carbons (Fsp3) is 0.111. The van der Waals surface area contributed by atoms with Crippen LogP contribution in [0.5, 0.6) is 11.5 Å². The molecule has 0 heterocycles. The van der Waals surface area contributed by atoms with Gasteiger partial charge >= 0.3 is 0 Å². The van der Waals surface area contributed by atoms with Crippen LogP contribution in [0.2, 0.25) is 0 Å². The maximum Gasteiger partial charge on any atom is 0.152 e. The zero-order valence-electron chi connectivity index (χ0n) is 15.2. The van der Waals surface area contributed by atoms with Crippen molar-refractivity contribution in [1.29, 1.82) is 0 Å². The predicted octanol–water partition coefficient (Wildman–Crippen LogP) is 6.11. The molecule has 29 heavy (non-hydrogen) atoms. The second kappa shape index (κ2) is 10.3. The molecule has 0 aliphatic rings. The number of phenols is 2. The van der Waals surface area contributed by atoms with Crippen molar-refractivity contribution in [2.75, 3.05) is 7.05 Å². The van der Waals surface area contributed by atoms with Crippen LogP contribution >= 0.6 is 12.0 Å². The molecular weight excluding hydrogens is 448 g/mol. The molecule has 0 atom stereocenters. The number of benzene rings is 3. The zero-order chi connectivity index (χ0) is 20.1. The average molecular weight is 464 g/mol. The molecule has 9 nitrogen and oxygen atoms in total. The standard InChI is InChI=1S/C18H16N4O5S.Cu/c1-10-3-5-13-11(7-10)8-16(28-27-26-25)17(18(13)24)22-21-14-6-4-12(20-19-2)9-15(14)23;/h3-9,23-25H,1-2H3;. The van der Waals surface area contributed by atoms with E-state index in [-0.39, 0.29) is 39.9 Å². The van der Waals surface area contributed by atoms with Crippen LogP contribution in [0.25, 0.3) is 10.8 Å². The quantitative estimate of drug-likeness (QED) is 0.133. The van der Waals surface area contributed by atoms with Gasteiger partial charge in [-0.05, 0) is 30.5 Å². The van der Waals surface area contributed by atoms with Gasteiger partial charge in [-0.2, -0.15) is 10.2 Å². The van der Waals surface area contributed by atoms with Crippen LogP contribution in [0.1, 0.15) is 5.56 Å². The molecule has 0 bridgehead atoms. The number of hydrogen-bond donors (Lipinski definition) is 3. The Morgan fingerprint density at radius 1 is 0.966 bits per heavy atom. The molecule has 0 spiro atoms. The Bertz CT molecular complexity index is 1080. The van der Waals surface area contributed by atoms with Crippen LogP contribution in [0.15, 0.2) is 67.8 Å². The molecule has 3 aromatic rings. The molecule has 3 rings (SSSR count). The maximum atomic E-state index is 10.7. The third kappa shape index (κ3) is 5.30. The van der Waals surface area contributed by atoms with Crippen LogP contribution in [-0.2, 0) is 26.4 Å². The fourth-order valence-corrected chi connectivity index (χ4v) is 3.06. The third-order valence-corrected chi connectivity index (χ3v) is 4.41. The SMILES string of the molecule is CN=Nc1ccc(N=Nc2c(SOOO)cc3cc(C)ccc3c2O)c(O)c1.[Cu]. The average Bonchev–Trinajstić information content (AvgIpc) is 2.67. The minimum absolute atomic E-state index is 0. The summed E-state index contributed by atoms with van der Waals surface area (Å²) in [6, 6.07) is 11.7. The Balaban J connectivity index is 0.00000300. The molecule has 0 aliphatic carbocycles. The number of aromatic hydroxyl groups is 2. The Morgan fingerprint density at radius 3 is 2.45 bits per heavy atom. The normalized spacial score (nSPS) is 11.4. The number of rotatable bonds is 6. The molecule has 3 N–H and O–H groups in total. The molecule has 0 unspecified atom stereocenters. The summed E-state index contributed by atoms with van der Waals surface area (Å²) in [7, 11) is 1.52. The summed E-state index contributed by atoms with van der Waals surface area (Å²) in [5.41, 5.74) is 1.74. The van der Waals surface area contributed by atoms with E-state index in [4.69, 9.17) is 5.26 Å². The van der Waals surface area contributed by atoms with Crippen molar-refractivity contribution in [2.24, 2.45) is 20.5 Å². The molecule has 11 heteroatoms. The van der Waals surface area contributed by atoms with Crippen LogP contribution in [-0.4, -0.2) is 22.5 Å². The van der Waals surface area contributed by atoms with Gasteiger partial charge in [-0.3, -0.25) is 0 Å². The number of phenolic OH excluding ortho intramolecular Hbond substituents is 2. The van der Waals surface area contributed by atoms with E-state index in [0.717, 1.165) is 10.9 Å². The van der Waals surface area contributed by atoms with Gasteiger partial charge in [-0.1, -0.05) is 28.8 Å². The van der Waals surface area contributed by atoms with Gasteiger partial charge in [0.2, 0.25) is 0 Å². The molecular formula is C18H16CuN4O5S. The first kappa shape index (κ1) is 22.8. The van der Waals surface area contributed by atoms with Crippen molar-refractivity contribution in [1.82, 2.24) is 0 Å². The molecule has 3 aromatic carbocycles. The van der Waals surface area contributed by atoms with Gasteiger partial charge in [0, 0.05) is 35.6 Å². The van der Waals surface area contributed by atoms with Crippen LogP contribution < -0.4 is 0 Å². The molecule has 0 aliphatic heterocycles. The summed E-state index contributed by atoms with van der Waals surface area (Å²) in [5.74, 6) is -0.269. The molecule has 0 saturated carbocycles. The van der Waals surface area contributed by atoms with Crippen molar-refractivity contribution in [3.05, 3.63) is 48.0 Å². The van der Waals surface area contributed by atoms with E-state index in [1.165, 1.54) is 19.2 Å². The molecule has 0 amide bonds. The summed E-state index contributed by atoms with van der Waals surface area (Å²) in [6.07, 6.45) is 0. The number of aryl methyl sites for hydroxylation is 1. The summed E-state index contributed by atoms with van der Waals surface area (Å²) in [5, 5.41) is 49.7. The van der Waals surface area contributed by atoms with E-state index in [1.54, 1.807) is 18.2 Å². The minimum atomic E-state index is -0.145. The van der Waals surface area contributed by atoms with E-state index >= 15 is 0 Å². The second-order valence-electron chi connectivity index (χ2n) is 5.70. The zero-order valence-corrected chi connectivity index (χ0v) is 17.0. The molecule has 0 fully saturated rings. The predicted molar refractivity (Wildman–Crippen MR) is 104 cm³/mol. The van der Waals surface area contributed by atoms with Gasteiger partial charge in [0.1, 0.15) is 17.1 Å². The van der Waals surface area contributed by atoms with Gasteiger partial charge in [0.25, 0.3) is 0 Å². The van der Waals surface area contributed by atoms with Crippen LogP contribution in [0.4, 0.5) is 17.1 Å². The molecule has 155 valence electrons. The summed E-state index contributed by atoms with van der Waals surface area (Å²) in [4.78, 5) is 0.351. The minimum Gasteiger partial charge on any atom is -0.506 e. The van der Waals surface area contributed by atoms with Gasteiger partial charge in [-0.15, -0.1) is 14.6 Å². The fourth-order valence-electron chi connectivity index (χ4n) is 2.56. The largest absolute Gasteiger partial charge is 0.506 e. The third-order valence-electron chi connectivity index (χ3n) is 3.79. The first-order chi connectivity index (χ1) is 13.5. The van der Waals surface area contributed by atoms with Gasteiger partial charge in [0.05, 0.1) is 22.6 Å². The second-order valence-corrected chi connectivity index (χ2v) is 6.44. The topological polar surface area (TPSA) is 129 Å². The molecule has 0 aromatic heterocycles. The van der Waals surface area contributed by atoms with Crippen molar-refractivity contribution >= 4 is 39.9 Å². The Labute approximate surface area is 180 Å². The molecule has 0 saturated heterocycles. The van der Waals surface area contributed by atoms with E-state index in [1.807, 2.05) is 19.1 Å². The van der Waals surface area contributed by atoms with Gasteiger partial charge < -0.3 is 10.2 Å². The van der Waals surface area contributed by atoms with Gasteiger partial charge in [-0.25, -0.2) is 5.26 Å². The van der Waals surface area contributed by atoms with Crippen molar-refractivity contribution in [2.45, 2.75) is 11.8 Å². The van der Waals surface area contributed by atoms with Crippen LogP contribution in [0.3, 0.4) is 0 Å². The Kier molecular flexibility index (Phi) is 8.09. The first-order valence-electron chi connectivity index (χ1n) is 7.99. The molecule has 1 radical (unpaired) electrons. The number of nitrogens with zero attached hydrogens (tertiary/aromatic N) is 4. The van der Waals surface area contributed by atoms with Gasteiger partial charge in [0.15, 0.2) is 5.75 Å². The van der Waals surface area contributed by atoms with E-state index in [9.17, 15) is 10.2 Å². The Morgan fingerprint density at radius 2 is 1.76 bits per heavy atom. The van der Waals surface area contributed by atoms with E-state index in [2.05, 4.69) is 29.8 Å². The summed E-state index contributed by atoms with van der Waals surface area (Å²) < 4.78 is 4.50. The number of fused-ring (bicyclic) bond motifs is 1. The van der Waals surface area contributed by atoms with Crippen LogP contribution in [0, 0.1) is 6.92 Å². The monoisotopic (exact) mass is 463 g/mol. The van der Waals surface area contributed by atoms with Crippen molar-refractivity contribution < 1.29 is 41.9 Å². The van der Waals surface area contributed by atoms with E-state index in [0.29, 0.717) is 28.0 Å². The van der Waals surface area contributed by atoms with Crippen molar-refractivity contribution in [3.63, 3.8) is 0 Å². The first-order valence-corrected chi connectivity index (χ1v) is 8.73. The summed E-state index contributed by atoms with van der Waals surface area (Å²) >= 11 is 0.654. The summed E-state index contributed by atoms with van der Waals surface area (Å²) in [6.45, 7) is 1.93. The Hall–Kier alpha value is -2.53.